The van der Waals surface area contributed by atoms with Crippen LogP contribution in [0, 0.1) is 0 Å². The van der Waals surface area contributed by atoms with Crippen molar-refractivity contribution in [1.82, 2.24) is 9.97 Å². The van der Waals surface area contributed by atoms with Gasteiger partial charge in [0.25, 0.3) is 0 Å². The van der Waals surface area contributed by atoms with Crippen molar-refractivity contribution in [3.05, 3.63) is 84.9 Å². The van der Waals surface area contributed by atoms with Crippen molar-refractivity contribution in [2.75, 3.05) is 10.6 Å². The van der Waals surface area contributed by atoms with Crippen molar-refractivity contribution >= 4 is 35.0 Å². The van der Waals surface area contributed by atoms with Gasteiger partial charge >= 0.3 is 0 Å². The SMILES string of the molecule is CCC(Sc1nc(-c2ccccc2)c(-c2ccccc2)[nH]1)C(=O)Nc1ccc(NC(C)=O)cc1. The van der Waals surface area contributed by atoms with E-state index in [0.717, 1.165) is 22.5 Å². The molecule has 0 saturated carbocycles. The van der Waals surface area contributed by atoms with E-state index in [-0.39, 0.29) is 17.1 Å². The van der Waals surface area contributed by atoms with Crippen LogP contribution in [0.4, 0.5) is 11.4 Å². The van der Waals surface area contributed by atoms with Crippen LogP contribution < -0.4 is 10.6 Å². The first-order valence-electron chi connectivity index (χ1n) is 11.1. The Morgan fingerprint density at radius 3 is 1.97 bits per heavy atom. The van der Waals surface area contributed by atoms with Gasteiger partial charge in [-0.2, -0.15) is 0 Å². The molecule has 0 saturated heterocycles. The fourth-order valence-corrected chi connectivity index (χ4v) is 4.45. The molecular formula is C27H26N4O2S. The third-order valence-corrected chi connectivity index (χ3v) is 6.43. The van der Waals surface area contributed by atoms with E-state index >= 15 is 0 Å². The van der Waals surface area contributed by atoms with Crippen molar-refractivity contribution in [2.24, 2.45) is 0 Å². The first kappa shape index (κ1) is 23.3. The Kier molecular flexibility index (Phi) is 7.44. The lowest BCUT2D eigenvalue weighted by molar-refractivity contribution is -0.116. The maximum Gasteiger partial charge on any atom is 0.237 e. The molecule has 34 heavy (non-hydrogen) atoms. The van der Waals surface area contributed by atoms with Crippen LogP contribution in [0.2, 0.25) is 0 Å². The van der Waals surface area contributed by atoms with Gasteiger partial charge in [0, 0.05) is 29.4 Å². The van der Waals surface area contributed by atoms with Gasteiger partial charge in [-0.05, 0) is 30.7 Å². The number of aromatic nitrogens is 2. The number of hydrogen-bond acceptors (Lipinski definition) is 4. The highest BCUT2D eigenvalue weighted by Gasteiger charge is 2.22. The van der Waals surface area contributed by atoms with E-state index in [0.29, 0.717) is 23.0 Å². The number of H-pyrrole nitrogens is 1. The fraction of sp³-hybridized carbons (Fsp3) is 0.148. The number of nitrogens with zero attached hydrogens (tertiary/aromatic N) is 1. The zero-order valence-corrected chi connectivity index (χ0v) is 19.9. The van der Waals surface area contributed by atoms with Crippen LogP contribution >= 0.6 is 11.8 Å². The molecule has 1 atom stereocenters. The molecule has 0 radical (unpaired) electrons. The van der Waals surface area contributed by atoms with E-state index in [2.05, 4.69) is 15.6 Å². The zero-order chi connectivity index (χ0) is 23.9. The van der Waals surface area contributed by atoms with Crippen LogP contribution in [0.5, 0.6) is 0 Å². The summed E-state index contributed by atoms with van der Waals surface area (Å²) in [5.41, 5.74) is 5.20. The maximum absolute atomic E-state index is 13.0. The van der Waals surface area contributed by atoms with Gasteiger partial charge in [0.1, 0.15) is 0 Å². The third kappa shape index (κ3) is 5.74. The number of anilines is 2. The number of hydrogen-bond donors (Lipinski definition) is 3. The maximum atomic E-state index is 13.0. The van der Waals surface area contributed by atoms with E-state index in [1.54, 1.807) is 24.3 Å². The van der Waals surface area contributed by atoms with Crippen molar-refractivity contribution in [2.45, 2.75) is 30.7 Å². The largest absolute Gasteiger partial charge is 0.332 e. The molecule has 3 N–H and O–H groups in total. The average molecular weight is 471 g/mol. The molecule has 0 aliphatic heterocycles. The number of aromatic amines is 1. The summed E-state index contributed by atoms with van der Waals surface area (Å²) in [7, 11) is 0. The molecule has 0 bridgehead atoms. The number of thioether (sulfide) groups is 1. The Morgan fingerprint density at radius 2 is 1.41 bits per heavy atom. The topological polar surface area (TPSA) is 86.9 Å². The minimum Gasteiger partial charge on any atom is -0.332 e. The van der Waals surface area contributed by atoms with Crippen LogP contribution in [-0.2, 0) is 9.59 Å². The Labute approximate surface area is 203 Å². The summed E-state index contributed by atoms with van der Waals surface area (Å²) in [6, 6.07) is 27.2. The van der Waals surface area contributed by atoms with Crippen LogP contribution in [0.25, 0.3) is 22.5 Å². The van der Waals surface area contributed by atoms with Gasteiger partial charge < -0.3 is 15.6 Å². The first-order valence-corrected chi connectivity index (χ1v) is 12.0. The summed E-state index contributed by atoms with van der Waals surface area (Å²) in [6.45, 7) is 3.44. The Hall–Kier alpha value is -3.84. The van der Waals surface area contributed by atoms with Gasteiger partial charge in [0.05, 0.1) is 16.6 Å². The molecule has 0 spiro atoms. The number of benzene rings is 3. The number of amides is 2. The van der Waals surface area contributed by atoms with E-state index in [1.165, 1.54) is 18.7 Å². The van der Waals surface area contributed by atoms with Crippen molar-refractivity contribution in [3.63, 3.8) is 0 Å². The second-order valence-electron chi connectivity index (χ2n) is 7.76. The summed E-state index contributed by atoms with van der Waals surface area (Å²) in [5.74, 6) is -0.235. The summed E-state index contributed by atoms with van der Waals surface area (Å²) >= 11 is 1.42. The monoisotopic (exact) mass is 470 g/mol. The second-order valence-corrected chi connectivity index (χ2v) is 8.95. The van der Waals surface area contributed by atoms with Gasteiger partial charge in [-0.25, -0.2) is 4.98 Å². The average Bonchev–Trinajstić information content (AvgIpc) is 3.28. The van der Waals surface area contributed by atoms with E-state index in [9.17, 15) is 9.59 Å². The van der Waals surface area contributed by atoms with Crippen molar-refractivity contribution in [1.29, 1.82) is 0 Å². The highest BCUT2D eigenvalue weighted by molar-refractivity contribution is 8.00. The standard InChI is InChI=1S/C27H26N4O2S/c1-3-23(26(33)29-22-16-14-21(15-17-22)28-18(2)32)34-27-30-24(19-10-6-4-7-11-19)25(31-27)20-12-8-5-9-13-20/h4-17,23H,3H2,1-2H3,(H,28,32)(H,29,33)(H,30,31). The Bertz CT molecular complexity index is 1200. The summed E-state index contributed by atoms with van der Waals surface area (Å²) in [4.78, 5) is 32.5. The van der Waals surface area contributed by atoms with Crippen LogP contribution in [0.1, 0.15) is 20.3 Å². The minimum atomic E-state index is -0.326. The number of imidazole rings is 1. The van der Waals surface area contributed by atoms with Crippen LogP contribution in [-0.4, -0.2) is 27.0 Å². The normalized spacial score (nSPS) is 11.6. The molecule has 1 unspecified atom stereocenters. The van der Waals surface area contributed by atoms with Gasteiger partial charge in [-0.1, -0.05) is 79.3 Å². The molecule has 0 aliphatic carbocycles. The number of carbonyl (C=O) groups excluding carboxylic acids is 2. The molecule has 4 rings (SSSR count). The lowest BCUT2D eigenvalue weighted by atomic mass is 10.1. The van der Waals surface area contributed by atoms with Gasteiger partial charge in [-0.3, -0.25) is 9.59 Å². The molecule has 2 amide bonds. The van der Waals surface area contributed by atoms with E-state index in [4.69, 9.17) is 4.98 Å². The number of rotatable bonds is 8. The molecule has 4 aromatic rings. The molecule has 7 heteroatoms. The zero-order valence-electron chi connectivity index (χ0n) is 19.0. The third-order valence-electron chi connectivity index (χ3n) is 5.18. The quantitative estimate of drug-likeness (QED) is 0.267. The van der Waals surface area contributed by atoms with E-state index < -0.39 is 0 Å². The fourth-order valence-electron chi connectivity index (χ4n) is 3.55. The summed E-state index contributed by atoms with van der Waals surface area (Å²) in [5, 5.41) is 6.05. The molecule has 172 valence electrons. The smallest absolute Gasteiger partial charge is 0.237 e. The van der Waals surface area contributed by atoms with Crippen molar-refractivity contribution < 1.29 is 9.59 Å². The molecule has 1 heterocycles. The van der Waals surface area contributed by atoms with Gasteiger partial charge in [0.15, 0.2) is 5.16 Å². The Balaban J connectivity index is 1.54. The summed E-state index contributed by atoms with van der Waals surface area (Å²) in [6.07, 6.45) is 0.641. The minimum absolute atomic E-state index is 0.0984. The second kappa shape index (κ2) is 10.9. The highest BCUT2D eigenvalue weighted by atomic mass is 32.2. The number of nitrogens with one attached hydrogen (secondary N) is 3. The van der Waals surface area contributed by atoms with Crippen LogP contribution in [0.15, 0.2) is 90.1 Å². The summed E-state index contributed by atoms with van der Waals surface area (Å²) < 4.78 is 0. The number of carbonyl (C=O) groups is 2. The lowest BCUT2D eigenvalue weighted by Gasteiger charge is -2.13. The first-order chi connectivity index (χ1) is 16.5. The van der Waals surface area contributed by atoms with Crippen LogP contribution in [0.3, 0.4) is 0 Å². The lowest BCUT2D eigenvalue weighted by Crippen LogP contribution is -2.24. The molecule has 6 nitrogen and oxygen atoms in total. The molecular weight excluding hydrogens is 444 g/mol. The predicted molar refractivity (Wildman–Crippen MR) is 139 cm³/mol. The predicted octanol–water partition coefficient (Wildman–Crippen LogP) is 6.21. The molecule has 1 aromatic heterocycles. The Morgan fingerprint density at radius 1 is 0.853 bits per heavy atom. The van der Waals surface area contributed by atoms with E-state index in [1.807, 2.05) is 67.6 Å². The molecule has 3 aromatic carbocycles. The van der Waals surface area contributed by atoms with Gasteiger partial charge in [0.2, 0.25) is 11.8 Å². The molecule has 0 aliphatic rings. The van der Waals surface area contributed by atoms with Crippen molar-refractivity contribution in [3.8, 4) is 22.5 Å². The molecule has 0 fully saturated rings. The van der Waals surface area contributed by atoms with Gasteiger partial charge in [-0.15, -0.1) is 0 Å². The highest BCUT2D eigenvalue weighted by Crippen LogP contribution is 2.34.